The second kappa shape index (κ2) is 7.09. The Balaban J connectivity index is 1.84. The average molecular weight is 391 g/mol. The monoisotopic (exact) mass is 391 g/mol. The highest BCUT2D eigenvalue weighted by Crippen LogP contribution is 2.28. The van der Waals surface area contributed by atoms with Crippen LogP contribution in [0.15, 0.2) is 41.6 Å². The summed E-state index contributed by atoms with van der Waals surface area (Å²) in [6, 6.07) is 6.53. The number of aromatic nitrogens is 1. The molecule has 1 amide bonds. The molecule has 0 spiro atoms. The molecule has 27 heavy (non-hydrogen) atoms. The van der Waals surface area contributed by atoms with E-state index in [1.54, 1.807) is 42.4 Å². The summed E-state index contributed by atoms with van der Waals surface area (Å²) >= 11 is 0. The number of hydrogen-bond acceptors (Lipinski definition) is 5. The minimum Gasteiger partial charge on any atom is -0.444 e. The molecule has 0 unspecified atom stereocenters. The van der Waals surface area contributed by atoms with Gasteiger partial charge in [0.1, 0.15) is 5.60 Å². The number of piperazine rings is 1. The topological polar surface area (TPSA) is 79.8 Å². The predicted octanol–water partition coefficient (Wildman–Crippen LogP) is 2.86. The van der Waals surface area contributed by atoms with Gasteiger partial charge in [0.05, 0.1) is 4.90 Å². The normalized spacial score (nSPS) is 19.3. The van der Waals surface area contributed by atoms with Crippen LogP contribution >= 0.6 is 0 Å². The third-order valence-electron chi connectivity index (χ3n) is 4.45. The van der Waals surface area contributed by atoms with Crippen molar-refractivity contribution in [3.05, 3.63) is 36.7 Å². The summed E-state index contributed by atoms with van der Waals surface area (Å²) in [4.78, 5) is 18.2. The van der Waals surface area contributed by atoms with E-state index >= 15 is 0 Å². The summed E-state index contributed by atoms with van der Waals surface area (Å²) in [7, 11) is -3.70. The molecule has 0 bridgehead atoms. The Bertz CT molecular complexity index is 948. The molecule has 2 heterocycles. The van der Waals surface area contributed by atoms with Crippen LogP contribution in [0.3, 0.4) is 0 Å². The number of nitrogens with zero attached hydrogens (tertiary/aromatic N) is 3. The Kier molecular flexibility index (Phi) is 5.14. The number of pyridine rings is 1. The van der Waals surface area contributed by atoms with Crippen molar-refractivity contribution >= 4 is 26.9 Å². The minimum absolute atomic E-state index is 0.226. The molecule has 1 aliphatic rings. The van der Waals surface area contributed by atoms with Gasteiger partial charge in [0, 0.05) is 48.8 Å². The van der Waals surface area contributed by atoms with Gasteiger partial charge >= 0.3 is 6.09 Å². The number of amides is 1. The Morgan fingerprint density at radius 3 is 2.63 bits per heavy atom. The maximum atomic E-state index is 13.3. The number of fused-ring (bicyclic) bond motifs is 1. The lowest BCUT2D eigenvalue weighted by Gasteiger charge is -2.39. The summed E-state index contributed by atoms with van der Waals surface area (Å²) in [5, 5.41) is 1.42. The molecule has 146 valence electrons. The molecule has 7 nitrogen and oxygen atoms in total. The summed E-state index contributed by atoms with van der Waals surface area (Å²) < 4.78 is 33.4. The van der Waals surface area contributed by atoms with Crippen molar-refractivity contribution in [1.82, 2.24) is 14.2 Å². The number of sulfonamides is 1. The molecule has 0 radical (unpaired) electrons. The molecule has 1 aliphatic heterocycles. The smallest absolute Gasteiger partial charge is 0.410 e. The summed E-state index contributed by atoms with van der Waals surface area (Å²) in [6.45, 7) is 8.05. The Hall–Kier alpha value is -2.19. The molecule has 1 fully saturated rings. The number of hydrogen-bond donors (Lipinski definition) is 0. The lowest BCUT2D eigenvalue weighted by atomic mass is 10.2. The largest absolute Gasteiger partial charge is 0.444 e. The van der Waals surface area contributed by atoms with Crippen LogP contribution in [0, 0.1) is 0 Å². The highest BCUT2D eigenvalue weighted by atomic mass is 32.2. The fourth-order valence-electron chi connectivity index (χ4n) is 3.23. The van der Waals surface area contributed by atoms with Gasteiger partial charge in [-0.25, -0.2) is 13.2 Å². The van der Waals surface area contributed by atoms with Gasteiger partial charge in [-0.05, 0) is 39.8 Å². The first-order valence-corrected chi connectivity index (χ1v) is 10.4. The average Bonchev–Trinajstić information content (AvgIpc) is 2.59. The first kappa shape index (κ1) is 19.6. The second-order valence-corrected chi connectivity index (χ2v) is 9.60. The van der Waals surface area contributed by atoms with Gasteiger partial charge in [-0.2, -0.15) is 4.31 Å². The molecule has 0 aliphatic carbocycles. The minimum atomic E-state index is -3.70. The van der Waals surface area contributed by atoms with E-state index in [4.69, 9.17) is 4.74 Å². The van der Waals surface area contributed by atoms with Crippen LogP contribution in [-0.4, -0.2) is 60.0 Å². The van der Waals surface area contributed by atoms with Crippen molar-refractivity contribution < 1.29 is 17.9 Å². The van der Waals surface area contributed by atoms with Gasteiger partial charge in [0.2, 0.25) is 10.0 Å². The molecule has 0 N–H and O–H groups in total. The van der Waals surface area contributed by atoms with Gasteiger partial charge in [0.25, 0.3) is 0 Å². The van der Waals surface area contributed by atoms with Crippen LogP contribution in [0.2, 0.25) is 0 Å². The lowest BCUT2D eigenvalue weighted by Crippen LogP contribution is -2.56. The van der Waals surface area contributed by atoms with Crippen LogP contribution in [0.1, 0.15) is 27.7 Å². The predicted molar refractivity (Wildman–Crippen MR) is 103 cm³/mol. The Labute approximate surface area is 160 Å². The van der Waals surface area contributed by atoms with Crippen molar-refractivity contribution in [1.29, 1.82) is 0 Å². The van der Waals surface area contributed by atoms with Gasteiger partial charge in [-0.15, -0.1) is 0 Å². The van der Waals surface area contributed by atoms with Crippen LogP contribution in [-0.2, 0) is 14.8 Å². The maximum Gasteiger partial charge on any atom is 0.410 e. The third kappa shape index (κ3) is 4.06. The SMILES string of the molecule is C[C@@H]1CN(C(=O)OC(C)(C)C)CCN1S(=O)(=O)c1cccc2cnccc12. The molecular weight excluding hydrogens is 366 g/mol. The highest BCUT2D eigenvalue weighted by molar-refractivity contribution is 7.89. The van der Waals surface area contributed by atoms with E-state index in [1.165, 1.54) is 4.31 Å². The Morgan fingerprint density at radius 1 is 1.22 bits per heavy atom. The number of carbonyl (C=O) groups is 1. The van der Waals surface area contributed by atoms with Crippen molar-refractivity contribution in [2.75, 3.05) is 19.6 Å². The van der Waals surface area contributed by atoms with Crippen molar-refractivity contribution in [3.8, 4) is 0 Å². The molecule has 1 aromatic carbocycles. The van der Waals surface area contributed by atoms with Crippen molar-refractivity contribution in [2.24, 2.45) is 0 Å². The van der Waals surface area contributed by atoms with Crippen LogP contribution in [0.25, 0.3) is 10.8 Å². The quantitative estimate of drug-likeness (QED) is 0.786. The van der Waals surface area contributed by atoms with Crippen LogP contribution in [0.5, 0.6) is 0 Å². The van der Waals surface area contributed by atoms with E-state index in [-0.39, 0.29) is 17.5 Å². The summed E-state index contributed by atoms with van der Waals surface area (Å²) in [5.74, 6) is 0. The van der Waals surface area contributed by atoms with Gasteiger partial charge in [-0.3, -0.25) is 4.98 Å². The fraction of sp³-hybridized carbons (Fsp3) is 0.474. The molecule has 1 aromatic heterocycles. The summed E-state index contributed by atoms with van der Waals surface area (Å²) in [5.41, 5.74) is -0.583. The molecule has 0 saturated carbocycles. The van der Waals surface area contributed by atoms with E-state index < -0.39 is 21.7 Å². The van der Waals surface area contributed by atoms with E-state index in [0.717, 1.165) is 5.39 Å². The van der Waals surface area contributed by atoms with E-state index in [0.29, 0.717) is 18.5 Å². The van der Waals surface area contributed by atoms with Crippen LogP contribution < -0.4 is 0 Å². The molecule has 1 atom stereocenters. The second-order valence-electron chi connectivity index (χ2n) is 7.74. The standard InChI is InChI=1S/C19H25N3O4S/c1-14-13-21(18(23)26-19(2,3)4)10-11-22(14)27(24,25)17-7-5-6-15-12-20-9-8-16(15)17/h5-9,12,14H,10-11,13H2,1-4H3/t14-/m1/s1. The first-order chi connectivity index (χ1) is 12.6. The molecule has 2 aromatic rings. The number of rotatable bonds is 2. The number of ether oxygens (including phenoxy) is 1. The van der Waals surface area contributed by atoms with Gasteiger partial charge in [0.15, 0.2) is 0 Å². The lowest BCUT2D eigenvalue weighted by molar-refractivity contribution is 0.0143. The zero-order chi connectivity index (χ0) is 19.8. The van der Waals surface area contributed by atoms with E-state index in [9.17, 15) is 13.2 Å². The fourth-order valence-corrected chi connectivity index (χ4v) is 5.06. The summed E-state index contributed by atoms with van der Waals surface area (Å²) in [6.07, 6.45) is 2.83. The maximum absolute atomic E-state index is 13.3. The third-order valence-corrected chi connectivity index (χ3v) is 6.52. The van der Waals surface area contributed by atoms with Crippen molar-refractivity contribution in [2.45, 2.75) is 44.2 Å². The molecule has 8 heteroatoms. The number of carbonyl (C=O) groups excluding carboxylic acids is 1. The van der Waals surface area contributed by atoms with Crippen LogP contribution in [0.4, 0.5) is 4.79 Å². The Morgan fingerprint density at radius 2 is 1.96 bits per heavy atom. The molecule has 1 saturated heterocycles. The van der Waals surface area contributed by atoms with E-state index in [1.807, 2.05) is 26.8 Å². The first-order valence-electron chi connectivity index (χ1n) is 8.92. The molecule has 3 rings (SSSR count). The van der Waals surface area contributed by atoms with Crippen molar-refractivity contribution in [3.63, 3.8) is 0 Å². The zero-order valence-corrected chi connectivity index (χ0v) is 16.9. The van der Waals surface area contributed by atoms with Gasteiger partial charge < -0.3 is 9.64 Å². The van der Waals surface area contributed by atoms with E-state index in [2.05, 4.69) is 4.98 Å². The zero-order valence-electron chi connectivity index (χ0n) is 16.0. The number of benzene rings is 1. The molecular formula is C19H25N3O4S. The highest BCUT2D eigenvalue weighted by Gasteiger charge is 2.37. The van der Waals surface area contributed by atoms with Gasteiger partial charge in [-0.1, -0.05) is 12.1 Å².